The Morgan fingerprint density at radius 3 is 2.81 bits per heavy atom. The molecule has 1 aromatic heterocycles. The highest BCUT2D eigenvalue weighted by atomic mass is 16.3. The van der Waals surface area contributed by atoms with Crippen LogP contribution in [-0.4, -0.2) is 28.8 Å². The van der Waals surface area contributed by atoms with E-state index in [1.165, 1.54) is 16.5 Å². The van der Waals surface area contributed by atoms with E-state index >= 15 is 0 Å². The molecule has 0 bridgehead atoms. The minimum atomic E-state index is -0.474. The number of benzene rings is 1. The molecule has 3 nitrogen and oxygen atoms in total. The average molecular weight is 216 g/mol. The standard InChI is InChI=1S/C13H16N2O/c16-13(8-14-9-13)6-5-10-7-15-12-4-2-1-3-11(10)12/h1-4,7,14-16H,5-6,8-9H2. The molecule has 16 heavy (non-hydrogen) atoms. The Kier molecular flexibility index (Phi) is 2.23. The minimum absolute atomic E-state index is 0.474. The van der Waals surface area contributed by atoms with Crippen LogP contribution in [-0.2, 0) is 6.42 Å². The summed E-state index contributed by atoms with van der Waals surface area (Å²) in [5.41, 5.74) is 2.01. The summed E-state index contributed by atoms with van der Waals surface area (Å²) in [5.74, 6) is 0. The molecule has 0 amide bonds. The topological polar surface area (TPSA) is 48.0 Å². The number of aliphatic hydroxyl groups is 1. The fourth-order valence-corrected chi connectivity index (χ4v) is 2.30. The summed E-state index contributed by atoms with van der Waals surface area (Å²) in [6.07, 6.45) is 3.82. The van der Waals surface area contributed by atoms with Gasteiger partial charge in [0.2, 0.25) is 0 Å². The molecule has 0 aliphatic carbocycles. The number of para-hydroxylation sites is 1. The van der Waals surface area contributed by atoms with Crippen molar-refractivity contribution in [3.05, 3.63) is 36.0 Å². The zero-order valence-corrected chi connectivity index (χ0v) is 9.16. The van der Waals surface area contributed by atoms with Crippen molar-refractivity contribution in [2.45, 2.75) is 18.4 Å². The van der Waals surface area contributed by atoms with E-state index in [1.54, 1.807) is 0 Å². The third-order valence-corrected chi connectivity index (χ3v) is 3.44. The Morgan fingerprint density at radius 1 is 1.25 bits per heavy atom. The van der Waals surface area contributed by atoms with E-state index in [4.69, 9.17) is 0 Å². The number of aryl methyl sites for hydroxylation is 1. The van der Waals surface area contributed by atoms with Crippen LogP contribution in [0.3, 0.4) is 0 Å². The van der Waals surface area contributed by atoms with E-state index in [0.717, 1.165) is 25.9 Å². The van der Waals surface area contributed by atoms with E-state index in [9.17, 15) is 5.11 Å². The van der Waals surface area contributed by atoms with Gasteiger partial charge in [-0.15, -0.1) is 0 Å². The molecule has 3 rings (SSSR count). The Balaban J connectivity index is 1.79. The fraction of sp³-hybridized carbons (Fsp3) is 0.385. The molecule has 0 saturated carbocycles. The molecule has 1 saturated heterocycles. The second-order valence-electron chi connectivity index (χ2n) is 4.69. The summed E-state index contributed by atoms with van der Waals surface area (Å²) in [4.78, 5) is 3.26. The molecule has 0 radical (unpaired) electrons. The number of fused-ring (bicyclic) bond motifs is 1. The van der Waals surface area contributed by atoms with Crippen molar-refractivity contribution < 1.29 is 5.11 Å². The minimum Gasteiger partial charge on any atom is -0.387 e. The van der Waals surface area contributed by atoms with Gasteiger partial charge in [-0.3, -0.25) is 0 Å². The molecule has 1 aliphatic heterocycles. The highest BCUT2D eigenvalue weighted by Gasteiger charge is 2.33. The Hall–Kier alpha value is -1.32. The first-order valence-electron chi connectivity index (χ1n) is 5.75. The Labute approximate surface area is 94.5 Å². The smallest absolute Gasteiger partial charge is 0.0898 e. The highest BCUT2D eigenvalue weighted by molar-refractivity contribution is 5.83. The van der Waals surface area contributed by atoms with Crippen molar-refractivity contribution in [3.63, 3.8) is 0 Å². The molecule has 2 heterocycles. The van der Waals surface area contributed by atoms with Crippen LogP contribution in [0.4, 0.5) is 0 Å². The largest absolute Gasteiger partial charge is 0.387 e. The van der Waals surface area contributed by atoms with Crippen molar-refractivity contribution in [1.29, 1.82) is 0 Å². The zero-order valence-electron chi connectivity index (χ0n) is 9.16. The quantitative estimate of drug-likeness (QED) is 0.727. The number of β-amino-alcohol motifs (C(OH)–C–C–N with tert-alkyl or cyclic N) is 1. The predicted molar refractivity (Wildman–Crippen MR) is 64.4 cm³/mol. The lowest BCUT2D eigenvalue weighted by Gasteiger charge is -2.37. The predicted octanol–water partition coefficient (Wildman–Crippen LogP) is 1.43. The maximum absolute atomic E-state index is 10.0. The third kappa shape index (κ3) is 1.62. The van der Waals surface area contributed by atoms with Gasteiger partial charge in [-0.1, -0.05) is 18.2 Å². The van der Waals surface area contributed by atoms with E-state index in [2.05, 4.69) is 34.7 Å². The van der Waals surface area contributed by atoms with E-state index in [-0.39, 0.29) is 0 Å². The molecular formula is C13H16N2O. The number of aromatic amines is 1. The van der Waals surface area contributed by atoms with Crippen molar-refractivity contribution in [1.82, 2.24) is 10.3 Å². The number of H-pyrrole nitrogens is 1. The molecule has 1 fully saturated rings. The van der Waals surface area contributed by atoms with Gasteiger partial charge in [-0.05, 0) is 24.5 Å². The molecule has 0 atom stereocenters. The maximum atomic E-state index is 10.0. The van der Waals surface area contributed by atoms with E-state index in [1.807, 2.05) is 6.07 Å². The van der Waals surface area contributed by atoms with Crippen LogP contribution in [0.5, 0.6) is 0 Å². The lowest BCUT2D eigenvalue weighted by molar-refractivity contribution is -0.0167. The van der Waals surface area contributed by atoms with Gasteiger partial charge < -0.3 is 15.4 Å². The molecule has 1 aliphatic rings. The second-order valence-corrected chi connectivity index (χ2v) is 4.69. The van der Waals surface area contributed by atoms with Gasteiger partial charge in [0, 0.05) is 30.2 Å². The molecular weight excluding hydrogens is 200 g/mol. The Bertz CT molecular complexity index is 499. The SMILES string of the molecule is OC1(CCc2c[nH]c3ccccc23)CNC1. The van der Waals surface area contributed by atoms with Gasteiger partial charge in [-0.25, -0.2) is 0 Å². The lowest BCUT2D eigenvalue weighted by atomic mass is 9.89. The summed E-state index contributed by atoms with van der Waals surface area (Å²) in [7, 11) is 0. The van der Waals surface area contributed by atoms with Gasteiger partial charge >= 0.3 is 0 Å². The van der Waals surface area contributed by atoms with Gasteiger partial charge in [-0.2, -0.15) is 0 Å². The van der Waals surface area contributed by atoms with Gasteiger partial charge in [0.05, 0.1) is 5.60 Å². The first-order chi connectivity index (χ1) is 7.77. The molecule has 3 N–H and O–H groups in total. The average Bonchev–Trinajstić information content (AvgIpc) is 2.67. The van der Waals surface area contributed by atoms with Gasteiger partial charge in [0.1, 0.15) is 0 Å². The fourth-order valence-electron chi connectivity index (χ4n) is 2.30. The summed E-state index contributed by atoms with van der Waals surface area (Å²) in [5, 5.41) is 14.4. The third-order valence-electron chi connectivity index (χ3n) is 3.44. The van der Waals surface area contributed by atoms with Gasteiger partial charge in [0.25, 0.3) is 0 Å². The van der Waals surface area contributed by atoms with Crippen molar-refractivity contribution in [2.75, 3.05) is 13.1 Å². The van der Waals surface area contributed by atoms with Crippen LogP contribution in [0.25, 0.3) is 10.9 Å². The van der Waals surface area contributed by atoms with Crippen LogP contribution in [0, 0.1) is 0 Å². The van der Waals surface area contributed by atoms with Crippen LogP contribution >= 0.6 is 0 Å². The normalized spacial score (nSPS) is 18.6. The highest BCUT2D eigenvalue weighted by Crippen LogP contribution is 2.23. The first-order valence-corrected chi connectivity index (χ1v) is 5.75. The lowest BCUT2D eigenvalue weighted by Crippen LogP contribution is -2.59. The number of hydrogen-bond acceptors (Lipinski definition) is 2. The number of aromatic nitrogens is 1. The molecule has 0 spiro atoms. The van der Waals surface area contributed by atoms with Crippen LogP contribution in [0.2, 0.25) is 0 Å². The van der Waals surface area contributed by atoms with Crippen LogP contribution < -0.4 is 5.32 Å². The molecule has 84 valence electrons. The van der Waals surface area contributed by atoms with Crippen LogP contribution in [0.15, 0.2) is 30.5 Å². The van der Waals surface area contributed by atoms with Crippen molar-refractivity contribution in [2.24, 2.45) is 0 Å². The molecule has 1 aromatic carbocycles. The number of hydrogen-bond donors (Lipinski definition) is 3. The number of rotatable bonds is 3. The Morgan fingerprint density at radius 2 is 2.06 bits per heavy atom. The molecule has 3 heteroatoms. The summed E-state index contributed by atoms with van der Waals surface area (Å²) in [6, 6.07) is 8.30. The van der Waals surface area contributed by atoms with E-state index in [0.29, 0.717) is 0 Å². The van der Waals surface area contributed by atoms with E-state index < -0.39 is 5.60 Å². The molecule has 0 unspecified atom stereocenters. The molecule has 2 aromatic rings. The number of nitrogens with one attached hydrogen (secondary N) is 2. The van der Waals surface area contributed by atoms with Crippen molar-refractivity contribution in [3.8, 4) is 0 Å². The van der Waals surface area contributed by atoms with Gasteiger partial charge in [0.15, 0.2) is 0 Å². The summed E-state index contributed by atoms with van der Waals surface area (Å²) in [6.45, 7) is 1.46. The monoisotopic (exact) mass is 216 g/mol. The van der Waals surface area contributed by atoms with Crippen molar-refractivity contribution >= 4 is 10.9 Å². The second kappa shape index (κ2) is 3.61. The zero-order chi connectivity index (χ0) is 11.0. The maximum Gasteiger partial charge on any atom is 0.0898 e. The summed E-state index contributed by atoms with van der Waals surface area (Å²) < 4.78 is 0. The first kappa shape index (κ1) is 9.87. The summed E-state index contributed by atoms with van der Waals surface area (Å²) >= 11 is 0. The van der Waals surface area contributed by atoms with Crippen LogP contribution in [0.1, 0.15) is 12.0 Å².